The van der Waals surface area contributed by atoms with Crippen molar-refractivity contribution in [2.45, 2.75) is 32.1 Å². The number of carbonyl (C=O) groups is 2. The van der Waals surface area contributed by atoms with Crippen LogP contribution in [-0.4, -0.2) is 31.6 Å². The Hall–Kier alpha value is -4.52. The van der Waals surface area contributed by atoms with Crippen molar-refractivity contribution in [2.75, 3.05) is 0 Å². The van der Waals surface area contributed by atoms with Crippen molar-refractivity contribution in [3.05, 3.63) is 108 Å². The fourth-order valence-electron chi connectivity index (χ4n) is 6.27. The molecule has 2 N–H and O–H groups in total. The number of hydrogen-bond donors (Lipinski definition) is 1. The van der Waals surface area contributed by atoms with Gasteiger partial charge in [-0.05, 0) is 36.8 Å². The summed E-state index contributed by atoms with van der Waals surface area (Å²) in [5.41, 5.74) is 11.7. The lowest BCUT2D eigenvalue weighted by Crippen LogP contribution is -2.50. The molecular weight excluding hydrogens is 474 g/mol. The van der Waals surface area contributed by atoms with Crippen molar-refractivity contribution in [1.29, 1.82) is 0 Å². The molecule has 0 fully saturated rings. The van der Waals surface area contributed by atoms with Gasteiger partial charge in [0.05, 0.1) is 22.4 Å². The Morgan fingerprint density at radius 1 is 0.947 bits per heavy atom. The average molecular weight is 502 g/mol. The summed E-state index contributed by atoms with van der Waals surface area (Å²) in [6, 6.07) is 18.2. The van der Waals surface area contributed by atoms with E-state index in [4.69, 9.17) is 15.7 Å². The first-order chi connectivity index (χ1) is 18.4. The standard InChI is InChI=1S/C31H27N5O2/c1-18-26-13-12-24-27(21-10-8-20(9-11-21)22-15-33-17-34-16-22)35-19(2)36-29(24)31(26,23-6-4-3-5-7-23)14-25(28(18)37)30(32)38/h3-11,14-18,26H,12-13H2,1-2H3,(H2,32,38)/t18-,26-,31+/m0/s1. The zero-order chi connectivity index (χ0) is 26.4. The number of primary amides is 1. The zero-order valence-electron chi connectivity index (χ0n) is 21.3. The quantitative estimate of drug-likeness (QED) is 0.415. The van der Waals surface area contributed by atoms with E-state index in [1.165, 1.54) is 6.33 Å². The molecule has 2 aliphatic rings. The Morgan fingerprint density at radius 3 is 2.32 bits per heavy atom. The molecule has 7 heteroatoms. The Morgan fingerprint density at radius 2 is 1.63 bits per heavy atom. The van der Waals surface area contributed by atoms with Gasteiger partial charge >= 0.3 is 0 Å². The molecular formula is C31H27N5O2. The van der Waals surface area contributed by atoms with Gasteiger partial charge in [-0.3, -0.25) is 9.59 Å². The van der Waals surface area contributed by atoms with E-state index in [0.717, 1.165) is 52.0 Å². The SMILES string of the molecule is Cc1nc(-c2ccc(-c3cncnc3)cc2)c2c(n1)[C@@]1(c3ccccc3)C=C(C(N)=O)C(=O)[C@@H](C)[C@@H]1CC2. The van der Waals surface area contributed by atoms with Crippen LogP contribution >= 0.6 is 0 Å². The number of rotatable bonds is 4. The Balaban J connectivity index is 1.59. The number of allylic oxidation sites excluding steroid dienone is 1. The third kappa shape index (κ3) is 3.65. The zero-order valence-corrected chi connectivity index (χ0v) is 21.3. The lowest BCUT2D eigenvalue weighted by molar-refractivity contribution is -0.125. The van der Waals surface area contributed by atoms with Crippen molar-refractivity contribution in [3.8, 4) is 22.4 Å². The molecule has 0 unspecified atom stereocenters. The van der Waals surface area contributed by atoms with Crippen molar-refractivity contribution in [3.63, 3.8) is 0 Å². The molecule has 3 atom stereocenters. The topological polar surface area (TPSA) is 112 Å². The van der Waals surface area contributed by atoms with Gasteiger partial charge in [0, 0.05) is 35.0 Å². The molecule has 0 saturated heterocycles. The lowest BCUT2D eigenvalue weighted by atomic mass is 9.54. The van der Waals surface area contributed by atoms with E-state index in [1.807, 2.05) is 56.3 Å². The predicted molar refractivity (Wildman–Crippen MR) is 144 cm³/mol. The minimum atomic E-state index is -0.768. The number of fused-ring (bicyclic) bond motifs is 3. The van der Waals surface area contributed by atoms with E-state index in [1.54, 1.807) is 18.5 Å². The van der Waals surface area contributed by atoms with E-state index >= 15 is 0 Å². The largest absolute Gasteiger partial charge is 0.365 e. The Kier molecular flexibility index (Phi) is 5.71. The molecule has 4 aromatic rings. The van der Waals surface area contributed by atoms with Crippen LogP contribution in [0.3, 0.4) is 0 Å². The fourth-order valence-corrected chi connectivity index (χ4v) is 6.27. The third-order valence-electron chi connectivity index (χ3n) is 8.02. The van der Waals surface area contributed by atoms with Crippen LogP contribution in [0.4, 0.5) is 0 Å². The highest BCUT2D eigenvalue weighted by Gasteiger charge is 2.53. The van der Waals surface area contributed by atoms with Crippen LogP contribution in [0.2, 0.25) is 0 Å². The van der Waals surface area contributed by atoms with Crippen LogP contribution in [0.15, 0.2) is 85.0 Å². The number of nitrogens with two attached hydrogens (primary N) is 1. The molecule has 2 heterocycles. The number of aryl methyl sites for hydroxylation is 1. The van der Waals surface area contributed by atoms with E-state index in [2.05, 4.69) is 22.1 Å². The smallest absolute Gasteiger partial charge is 0.252 e. The summed E-state index contributed by atoms with van der Waals surface area (Å²) < 4.78 is 0. The second-order valence-corrected chi connectivity index (χ2v) is 10.1. The number of aromatic nitrogens is 4. The maximum Gasteiger partial charge on any atom is 0.252 e. The maximum absolute atomic E-state index is 13.2. The summed E-state index contributed by atoms with van der Waals surface area (Å²) >= 11 is 0. The molecule has 0 radical (unpaired) electrons. The Labute approximate surface area is 220 Å². The fraction of sp³-hybridized carbons (Fsp3) is 0.226. The van der Waals surface area contributed by atoms with Crippen LogP contribution in [0, 0.1) is 18.8 Å². The van der Waals surface area contributed by atoms with Crippen LogP contribution < -0.4 is 5.73 Å². The van der Waals surface area contributed by atoms with Gasteiger partial charge in [0.2, 0.25) is 0 Å². The second-order valence-electron chi connectivity index (χ2n) is 10.1. The second kappa shape index (κ2) is 9.10. The van der Waals surface area contributed by atoms with Crippen molar-refractivity contribution >= 4 is 11.7 Å². The maximum atomic E-state index is 13.2. The minimum Gasteiger partial charge on any atom is -0.365 e. The number of hydrogen-bond acceptors (Lipinski definition) is 6. The van der Waals surface area contributed by atoms with Crippen molar-refractivity contribution in [1.82, 2.24) is 19.9 Å². The van der Waals surface area contributed by atoms with E-state index in [-0.39, 0.29) is 23.2 Å². The molecule has 1 amide bonds. The third-order valence-corrected chi connectivity index (χ3v) is 8.02. The number of ketones is 1. The number of amides is 1. The van der Waals surface area contributed by atoms with Gasteiger partial charge in [0.25, 0.3) is 5.91 Å². The lowest BCUT2D eigenvalue weighted by Gasteiger charge is -2.48. The summed E-state index contributed by atoms with van der Waals surface area (Å²) in [4.78, 5) is 43.8. The number of benzene rings is 2. The average Bonchev–Trinajstić information content (AvgIpc) is 2.95. The summed E-state index contributed by atoms with van der Waals surface area (Å²) in [5, 5.41) is 0. The molecule has 7 nitrogen and oxygen atoms in total. The highest BCUT2D eigenvalue weighted by Crippen LogP contribution is 2.54. The molecule has 188 valence electrons. The van der Waals surface area contributed by atoms with E-state index in [0.29, 0.717) is 5.82 Å². The molecule has 0 aliphatic heterocycles. The highest BCUT2D eigenvalue weighted by atomic mass is 16.2. The summed E-state index contributed by atoms with van der Waals surface area (Å²) in [7, 11) is 0. The first-order valence-corrected chi connectivity index (χ1v) is 12.8. The van der Waals surface area contributed by atoms with E-state index in [9.17, 15) is 9.59 Å². The predicted octanol–water partition coefficient (Wildman–Crippen LogP) is 4.39. The normalized spacial score (nSPS) is 22.3. The summed E-state index contributed by atoms with van der Waals surface area (Å²) in [6.45, 7) is 3.80. The van der Waals surface area contributed by atoms with Crippen LogP contribution in [0.1, 0.15) is 36.0 Å². The minimum absolute atomic E-state index is 0.0534. The van der Waals surface area contributed by atoms with Crippen LogP contribution in [0.25, 0.3) is 22.4 Å². The summed E-state index contributed by atoms with van der Waals surface area (Å²) in [6.07, 6.45) is 8.38. The van der Waals surface area contributed by atoms with Crippen LogP contribution in [-0.2, 0) is 21.4 Å². The van der Waals surface area contributed by atoms with Gasteiger partial charge in [-0.1, -0.05) is 67.6 Å². The van der Waals surface area contributed by atoms with Gasteiger partial charge in [-0.2, -0.15) is 0 Å². The molecule has 0 saturated carbocycles. The molecule has 6 rings (SSSR count). The molecule has 2 aliphatic carbocycles. The molecule has 2 aromatic carbocycles. The van der Waals surface area contributed by atoms with Gasteiger partial charge in [0.1, 0.15) is 12.2 Å². The van der Waals surface area contributed by atoms with Crippen LogP contribution in [0.5, 0.6) is 0 Å². The molecule has 0 spiro atoms. The molecule has 0 bridgehead atoms. The van der Waals surface area contributed by atoms with Gasteiger partial charge in [-0.25, -0.2) is 19.9 Å². The van der Waals surface area contributed by atoms with Gasteiger partial charge in [-0.15, -0.1) is 0 Å². The van der Waals surface area contributed by atoms with Crippen molar-refractivity contribution in [2.24, 2.45) is 17.6 Å². The van der Waals surface area contributed by atoms with Gasteiger partial charge in [0.15, 0.2) is 5.78 Å². The monoisotopic (exact) mass is 501 g/mol. The highest BCUT2D eigenvalue weighted by molar-refractivity contribution is 6.20. The molecule has 38 heavy (non-hydrogen) atoms. The number of nitrogens with zero attached hydrogens (tertiary/aromatic N) is 4. The first-order valence-electron chi connectivity index (χ1n) is 12.8. The number of Topliss-reactive ketones (excluding diaryl/α,β-unsaturated/α-hetero) is 1. The van der Waals surface area contributed by atoms with Gasteiger partial charge < -0.3 is 5.73 Å². The number of carbonyl (C=O) groups excluding carboxylic acids is 2. The summed E-state index contributed by atoms with van der Waals surface area (Å²) in [5.74, 6) is -0.690. The molecule has 2 aromatic heterocycles. The van der Waals surface area contributed by atoms with E-state index < -0.39 is 11.3 Å². The van der Waals surface area contributed by atoms with Crippen molar-refractivity contribution < 1.29 is 9.59 Å². The Bertz CT molecular complexity index is 1580. The first kappa shape index (κ1) is 23.9.